The second-order valence-corrected chi connectivity index (χ2v) is 4.76. The molecule has 2 N–H and O–H groups in total. The number of rotatable bonds is 3. The monoisotopic (exact) mass is 246 g/mol. The van der Waals surface area contributed by atoms with E-state index in [1.165, 1.54) is 12.8 Å². The van der Waals surface area contributed by atoms with Gasteiger partial charge in [0.15, 0.2) is 5.65 Å². The predicted molar refractivity (Wildman–Crippen MR) is 71.8 cm³/mol. The first-order valence-electron chi connectivity index (χ1n) is 6.45. The normalized spacial score (nSPS) is 19.7. The van der Waals surface area contributed by atoms with E-state index in [-0.39, 0.29) is 0 Å². The van der Waals surface area contributed by atoms with Crippen LogP contribution in [-0.2, 0) is 0 Å². The van der Waals surface area contributed by atoms with Crippen molar-refractivity contribution in [3.8, 4) is 0 Å². The SMILES string of the molecule is CCC1CCN(c2nc(NC)nc3[nH]ncc23)C1. The summed E-state index contributed by atoms with van der Waals surface area (Å²) in [5.41, 5.74) is 0.796. The van der Waals surface area contributed by atoms with Gasteiger partial charge in [-0.2, -0.15) is 15.1 Å². The highest BCUT2D eigenvalue weighted by molar-refractivity contribution is 5.87. The highest BCUT2D eigenvalue weighted by atomic mass is 15.3. The fourth-order valence-electron chi connectivity index (χ4n) is 2.53. The van der Waals surface area contributed by atoms with Gasteiger partial charge in [-0.15, -0.1) is 0 Å². The van der Waals surface area contributed by atoms with E-state index in [0.29, 0.717) is 5.95 Å². The largest absolute Gasteiger partial charge is 0.357 e. The Morgan fingerprint density at radius 3 is 3.11 bits per heavy atom. The summed E-state index contributed by atoms with van der Waals surface area (Å²) in [5.74, 6) is 2.41. The molecule has 0 amide bonds. The molecule has 0 aliphatic carbocycles. The maximum absolute atomic E-state index is 4.59. The first kappa shape index (κ1) is 11.3. The van der Waals surface area contributed by atoms with Crippen LogP contribution in [0.4, 0.5) is 11.8 Å². The van der Waals surface area contributed by atoms with E-state index < -0.39 is 0 Å². The second-order valence-electron chi connectivity index (χ2n) is 4.76. The molecule has 96 valence electrons. The van der Waals surface area contributed by atoms with Crippen LogP contribution in [0.3, 0.4) is 0 Å². The van der Waals surface area contributed by atoms with E-state index in [9.17, 15) is 0 Å². The fraction of sp³-hybridized carbons (Fsp3) is 0.583. The Hall–Kier alpha value is -1.85. The molecular formula is C12H18N6. The fourth-order valence-corrected chi connectivity index (χ4v) is 2.53. The van der Waals surface area contributed by atoms with Gasteiger partial charge in [-0.25, -0.2) is 0 Å². The van der Waals surface area contributed by atoms with Crippen LogP contribution in [0.25, 0.3) is 11.0 Å². The van der Waals surface area contributed by atoms with Crippen molar-refractivity contribution < 1.29 is 0 Å². The minimum absolute atomic E-state index is 0.640. The van der Waals surface area contributed by atoms with Crippen molar-refractivity contribution in [2.45, 2.75) is 19.8 Å². The molecule has 1 unspecified atom stereocenters. The van der Waals surface area contributed by atoms with E-state index in [2.05, 4.69) is 37.3 Å². The number of anilines is 2. The lowest BCUT2D eigenvalue weighted by molar-refractivity contribution is 0.569. The van der Waals surface area contributed by atoms with Crippen LogP contribution in [0, 0.1) is 5.92 Å². The summed E-state index contributed by atoms with van der Waals surface area (Å²) in [6, 6.07) is 0. The predicted octanol–water partition coefficient (Wildman–Crippen LogP) is 1.63. The number of aromatic nitrogens is 4. The molecule has 0 saturated carbocycles. The van der Waals surface area contributed by atoms with Gasteiger partial charge < -0.3 is 10.2 Å². The van der Waals surface area contributed by atoms with Crippen LogP contribution < -0.4 is 10.2 Å². The van der Waals surface area contributed by atoms with E-state index >= 15 is 0 Å². The summed E-state index contributed by atoms with van der Waals surface area (Å²) in [6.07, 6.45) is 4.28. The molecule has 1 fully saturated rings. The van der Waals surface area contributed by atoms with Gasteiger partial charge >= 0.3 is 0 Å². The number of fused-ring (bicyclic) bond motifs is 1. The number of nitrogens with one attached hydrogen (secondary N) is 2. The Labute approximate surface area is 106 Å². The number of aromatic amines is 1. The van der Waals surface area contributed by atoms with Gasteiger partial charge in [0.1, 0.15) is 5.82 Å². The van der Waals surface area contributed by atoms with Crippen molar-refractivity contribution in [1.82, 2.24) is 20.2 Å². The van der Waals surface area contributed by atoms with Crippen LogP contribution >= 0.6 is 0 Å². The molecule has 6 nitrogen and oxygen atoms in total. The van der Waals surface area contributed by atoms with Gasteiger partial charge in [0.05, 0.1) is 11.6 Å². The van der Waals surface area contributed by atoms with Crippen molar-refractivity contribution in [1.29, 1.82) is 0 Å². The van der Waals surface area contributed by atoms with Crippen molar-refractivity contribution >= 4 is 22.8 Å². The molecule has 2 aromatic heterocycles. The number of nitrogens with zero attached hydrogens (tertiary/aromatic N) is 4. The van der Waals surface area contributed by atoms with Crippen LogP contribution in [-0.4, -0.2) is 40.3 Å². The molecule has 2 aromatic rings. The number of hydrogen-bond donors (Lipinski definition) is 2. The van der Waals surface area contributed by atoms with Crippen molar-refractivity contribution in [2.24, 2.45) is 5.92 Å². The summed E-state index contributed by atoms with van der Waals surface area (Å²) in [7, 11) is 1.83. The van der Waals surface area contributed by atoms with Crippen LogP contribution in [0.2, 0.25) is 0 Å². The van der Waals surface area contributed by atoms with Crippen molar-refractivity contribution in [2.75, 3.05) is 30.4 Å². The van der Waals surface area contributed by atoms with E-state index in [1.807, 2.05) is 13.2 Å². The standard InChI is InChI=1S/C12H18N6/c1-3-8-4-5-18(7-8)11-9-6-14-17-10(9)15-12(13-2)16-11/h6,8H,3-5,7H2,1-2H3,(H2,13,14,15,16,17). The molecule has 6 heteroatoms. The first-order chi connectivity index (χ1) is 8.81. The van der Waals surface area contributed by atoms with Gasteiger partial charge in [-0.3, -0.25) is 5.10 Å². The van der Waals surface area contributed by atoms with Gasteiger partial charge in [0.2, 0.25) is 5.95 Å². The van der Waals surface area contributed by atoms with E-state index in [1.54, 1.807) is 0 Å². The molecule has 1 aliphatic heterocycles. The zero-order valence-electron chi connectivity index (χ0n) is 10.8. The van der Waals surface area contributed by atoms with Crippen LogP contribution in [0.1, 0.15) is 19.8 Å². The molecule has 1 aliphatic rings. The number of H-pyrrole nitrogens is 1. The topological polar surface area (TPSA) is 69.7 Å². The Morgan fingerprint density at radius 2 is 2.39 bits per heavy atom. The Morgan fingerprint density at radius 1 is 1.50 bits per heavy atom. The molecule has 0 bridgehead atoms. The minimum Gasteiger partial charge on any atom is -0.357 e. The number of hydrogen-bond acceptors (Lipinski definition) is 5. The lowest BCUT2D eigenvalue weighted by Gasteiger charge is -2.18. The van der Waals surface area contributed by atoms with Gasteiger partial charge in [-0.05, 0) is 12.3 Å². The molecule has 1 saturated heterocycles. The third-order valence-corrected chi connectivity index (χ3v) is 3.68. The van der Waals surface area contributed by atoms with Crippen molar-refractivity contribution in [3.63, 3.8) is 0 Å². The summed E-state index contributed by atoms with van der Waals surface area (Å²) in [6.45, 7) is 4.40. The molecule has 3 rings (SSSR count). The van der Waals surface area contributed by atoms with Gasteiger partial charge in [0.25, 0.3) is 0 Å². The summed E-state index contributed by atoms with van der Waals surface area (Å²) in [5, 5.41) is 11.0. The third kappa shape index (κ3) is 1.77. The summed E-state index contributed by atoms with van der Waals surface area (Å²) in [4.78, 5) is 11.3. The molecular weight excluding hydrogens is 228 g/mol. The highest BCUT2D eigenvalue weighted by Crippen LogP contribution is 2.29. The van der Waals surface area contributed by atoms with Gasteiger partial charge in [0, 0.05) is 20.1 Å². The molecule has 1 atom stereocenters. The Balaban J connectivity index is 2.02. The maximum atomic E-state index is 4.59. The average molecular weight is 246 g/mol. The Kier molecular flexibility index (Phi) is 2.77. The summed E-state index contributed by atoms with van der Waals surface area (Å²) >= 11 is 0. The lowest BCUT2D eigenvalue weighted by Crippen LogP contribution is -2.21. The van der Waals surface area contributed by atoms with Gasteiger partial charge in [-0.1, -0.05) is 13.3 Å². The van der Waals surface area contributed by atoms with Crippen LogP contribution in [0.15, 0.2) is 6.20 Å². The molecule has 0 spiro atoms. The summed E-state index contributed by atoms with van der Waals surface area (Å²) < 4.78 is 0. The smallest absolute Gasteiger partial charge is 0.226 e. The molecule has 18 heavy (non-hydrogen) atoms. The van der Waals surface area contributed by atoms with Crippen LogP contribution in [0.5, 0.6) is 0 Å². The Bertz CT molecular complexity index is 548. The average Bonchev–Trinajstić information content (AvgIpc) is 3.05. The molecule has 0 radical (unpaired) electrons. The first-order valence-corrected chi connectivity index (χ1v) is 6.45. The maximum Gasteiger partial charge on any atom is 0.226 e. The molecule has 0 aromatic carbocycles. The second kappa shape index (κ2) is 4.44. The van der Waals surface area contributed by atoms with E-state index in [0.717, 1.165) is 35.9 Å². The van der Waals surface area contributed by atoms with E-state index in [4.69, 9.17) is 0 Å². The minimum atomic E-state index is 0.640. The third-order valence-electron chi connectivity index (χ3n) is 3.68. The molecule has 3 heterocycles. The lowest BCUT2D eigenvalue weighted by atomic mass is 10.1. The highest BCUT2D eigenvalue weighted by Gasteiger charge is 2.24. The zero-order chi connectivity index (χ0) is 12.5. The van der Waals surface area contributed by atoms with Crippen molar-refractivity contribution in [3.05, 3.63) is 6.20 Å². The zero-order valence-corrected chi connectivity index (χ0v) is 10.8. The quantitative estimate of drug-likeness (QED) is 0.861.